The van der Waals surface area contributed by atoms with Gasteiger partial charge in [-0.1, -0.05) is 17.7 Å². The van der Waals surface area contributed by atoms with Gasteiger partial charge in [-0.3, -0.25) is 0 Å². The van der Waals surface area contributed by atoms with E-state index in [1.165, 1.54) is 12.1 Å². The lowest BCUT2D eigenvalue weighted by Crippen LogP contribution is -2.45. The molecule has 0 saturated heterocycles. The highest BCUT2D eigenvalue weighted by Gasteiger charge is 2.31. The van der Waals surface area contributed by atoms with Crippen LogP contribution in [0.25, 0.3) is 0 Å². The molecule has 0 bridgehead atoms. The van der Waals surface area contributed by atoms with Crippen molar-refractivity contribution in [1.82, 2.24) is 10.6 Å². The third-order valence-electron chi connectivity index (χ3n) is 3.04. The molecule has 21 heavy (non-hydrogen) atoms. The highest BCUT2D eigenvalue weighted by Crippen LogP contribution is 2.29. The molecule has 0 aliphatic carbocycles. The van der Waals surface area contributed by atoms with Crippen LogP contribution in [0.1, 0.15) is 25.5 Å². The quantitative estimate of drug-likeness (QED) is 0.660. The molecule has 0 fully saturated rings. The Labute approximate surface area is 132 Å². The predicted molar refractivity (Wildman–Crippen MR) is 82.4 cm³/mol. The summed E-state index contributed by atoms with van der Waals surface area (Å²) in [5, 5.41) is 6.21. The average molecular weight is 329 g/mol. The molecular weight excluding hydrogens is 315 g/mol. The number of benzene rings is 1. The van der Waals surface area contributed by atoms with Crippen molar-refractivity contribution in [3.8, 4) is 0 Å². The number of halogens is 2. The Hall–Kier alpha value is -1.66. The van der Waals surface area contributed by atoms with Gasteiger partial charge < -0.3 is 15.4 Å². The maximum Gasteiger partial charge on any atom is 0.338 e. The van der Waals surface area contributed by atoms with E-state index >= 15 is 0 Å². The second-order valence-electron chi connectivity index (χ2n) is 4.46. The van der Waals surface area contributed by atoms with Crippen LogP contribution in [-0.4, -0.2) is 17.7 Å². The average Bonchev–Trinajstić information content (AvgIpc) is 2.41. The Bertz CT molecular complexity index is 633. The van der Waals surface area contributed by atoms with Crippen LogP contribution in [0.2, 0.25) is 5.02 Å². The van der Waals surface area contributed by atoms with E-state index in [-0.39, 0.29) is 11.6 Å². The first-order valence-electron chi connectivity index (χ1n) is 6.34. The lowest BCUT2D eigenvalue weighted by atomic mass is 9.95. The summed E-state index contributed by atoms with van der Waals surface area (Å²) < 4.78 is 18.7. The first-order chi connectivity index (χ1) is 9.93. The van der Waals surface area contributed by atoms with Gasteiger partial charge in [-0.2, -0.15) is 0 Å². The van der Waals surface area contributed by atoms with E-state index in [1.807, 2.05) is 0 Å². The minimum atomic E-state index is -0.579. The molecular formula is C14H14ClFN2O2S. The van der Waals surface area contributed by atoms with Crippen molar-refractivity contribution in [2.75, 3.05) is 6.61 Å². The summed E-state index contributed by atoms with van der Waals surface area (Å²) in [6, 6.07) is 3.78. The minimum absolute atomic E-state index is 0.0219. The molecule has 1 aliphatic heterocycles. The number of hydrogen-bond donors (Lipinski definition) is 2. The molecule has 7 heteroatoms. The van der Waals surface area contributed by atoms with Gasteiger partial charge in [0.05, 0.1) is 23.2 Å². The summed E-state index contributed by atoms with van der Waals surface area (Å²) in [5.74, 6) is -1.03. The number of esters is 1. The van der Waals surface area contributed by atoms with Crippen LogP contribution >= 0.6 is 23.8 Å². The van der Waals surface area contributed by atoms with Gasteiger partial charge >= 0.3 is 5.97 Å². The van der Waals surface area contributed by atoms with Crippen LogP contribution < -0.4 is 10.6 Å². The van der Waals surface area contributed by atoms with Gasteiger partial charge in [0.1, 0.15) is 5.82 Å². The molecule has 112 valence electrons. The van der Waals surface area contributed by atoms with E-state index in [0.29, 0.717) is 21.9 Å². The first-order valence-corrected chi connectivity index (χ1v) is 7.13. The first kappa shape index (κ1) is 15.7. The van der Waals surface area contributed by atoms with Gasteiger partial charge in [-0.05, 0) is 43.8 Å². The van der Waals surface area contributed by atoms with E-state index in [9.17, 15) is 9.18 Å². The Morgan fingerprint density at radius 2 is 2.24 bits per heavy atom. The second kappa shape index (κ2) is 6.41. The zero-order valence-corrected chi connectivity index (χ0v) is 13.1. The molecule has 1 aliphatic rings. The summed E-state index contributed by atoms with van der Waals surface area (Å²) in [7, 11) is 0. The summed E-state index contributed by atoms with van der Waals surface area (Å²) in [6.45, 7) is 3.69. The van der Waals surface area contributed by atoms with Crippen molar-refractivity contribution in [3.05, 3.63) is 45.9 Å². The minimum Gasteiger partial charge on any atom is -0.463 e. The summed E-state index contributed by atoms with van der Waals surface area (Å²) >= 11 is 10.8. The van der Waals surface area contributed by atoms with E-state index in [0.717, 1.165) is 0 Å². The lowest BCUT2D eigenvalue weighted by molar-refractivity contribution is -0.139. The molecule has 0 saturated carbocycles. The Kier molecular flexibility index (Phi) is 4.80. The number of carbonyl (C=O) groups excluding carboxylic acids is 1. The molecule has 0 radical (unpaired) electrons. The number of ether oxygens (including phenoxy) is 1. The third kappa shape index (κ3) is 3.33. The smallest absolute Gasteiger partial charge is 0.338 e. The van der Waals surface area contributed by atoms with Crippen LogP contribution in [0.3, 0.4) is 0 Å². The van der Waals surface area contributed by atoms with Gasteiger partial charge in [0, 0.05) is 5.70 Å². The van der Waals surface area contributed by atoms with Crippen LogP contribution in [0.4, 0.5) is 4.39 Å². The Balaban J connectivity index is 2.46. The van der Waals surface area contributed by atoms with Gasteiger partial charge in [0.15, 0.2) is 5.11 Å². The monoisotopic (exact) mass is 328 g/mol. The number of allylic oxidation sites excluding steroid dienone is 1. The van der Waals surface area contributed by atoms with Crippen molar-refractivity contribution >= 4 is 34.9 Å². The van der Waals surface area contributed by atoms with Gasteiger partial charge in [-0.15, -0.1) is 0 Å². The Morgan fingerprint density at radius 3 is 2.86 bits per heavy atom. The van der Waals surface area contributed by atoms with Crippen molar-refractivity contribution < 1.29 is 13.9 Å². The summed E-state index contributed by atoms with van der Waals surface area (Å²) in [5.41, 5.74) is 1.49. The van der Waals surface area contributed by atoms with Crippen molar-refractivity contribution in [2.45, 2.75) is 19.9 Å². The van der Waals surface area contributed by atoms with Crippen LogP contribution in [0.5, 0.6) is 0 Å². The van der Waals surface area contributed by atoms with E-state index in [1.54, 1.807) is 19.9 Å². The standard InChI is InChI=1S/C14H14ClFN2O2S/c1-3-20-13(19)11-7(2)17-14(21)18-12(11)8-4-5-9(15)10(16)6-8/h4-6,12H,3H2,1-2H3,(H2,17,18,21)/t12-/m1/s1. The zero-order valence-electron chi connectivity index (χ0n) is 11.5. The van der Waals surface area contributed by atoms with Gasteiger partial charge in [0.2, 0.25) is 0 Å². The van der Waals surface area contributed by atoms with E-state index in [4.69, 9.17) is 28.6 Å². The van der Waals surface area contributed by atoms with E-state index in [2.05, 4.69) is 10.6 Å². The van der Waals surface area contributed by atoms with Crippen LogP contribution in [0.15, 0.2) is 29.5 Å². The fraction of sp³-hybridized carbons (Fsp3) is 0.286. The number of nitrogens with one attached hydrogen (secondary N) is 2. The summed E-state index contributed by atoms with van der Waals surface area (Å²) in [6.07, 6.45) is 0. The molecule has 2 rings (SSSR count). The highest BCUT2D eigenvalue weighted by molar-refractivity contribution is 7.80. The molecule has 1 aromatic carbocycles. The molecule has 0 spiro atoms. The number of thiocarbonyl (C=S) groups is 1. The number of rotatable bonds is 3. The molecule has 0 aromatic heterocycles. The maximum absolute atomic E-state index is 13.7. The number of hydrogen-bond acceptors (Lipinski definition) is 3. The largest absolute Gasteiger partial charge is 0.463 e. The lowest BCUT2D eigenvalue weighted by Gasteiger charge is -2.29. The topological polar surface area (TPSA) is 50.4 Å². The predicted octanol–water partition coefficient (Wildman–Crippen LogP) is 2.84. The second-order valence-corrected chi connectivity index (χ2v) is 5.28. The van der Waals surface area contributed by atoms with Gasteiger partial charge in [-0.25, -0.2) is 9.18 Å². The molecule has 0 unspecified atom stereocenters. The summed E-state index contributed by atoms with van der Waals surface area (Å²) in [4.78, 5) is 12.1. The zero-order chi connectivity index (χ0) is 15.6. The van der Waals surface area contributed by atoms with E-state index < -0.39 is 17.8 Å². The molecule has 1 atom stereocenters. The number of carbonyl (C=O) groups is 1. The fourth-order valence-electron chi connectivity index (χ4n) is 2.12. The fourth-order valence-corrected chi connectivity index (χ4v) is 2.50. The molecule has 1 heterocycles. The Morgan fingerprint density at radius 1 is 1.52 bits per heavy atom. The normalized spacial score (nSPS) is 18.1. The van der Waals surface area contributed by atoms with Crippen molar-refractivity contribution in [1.29, 1.82) is 0 Å². The molecule has 2 N–H and O–H groups in total. The van der Waals surface area contributed by atoms with Crippen molar-refractivity contribution in [2.24, 2.45) is 0 Å². The van der Waals surface area contributed by atoms with Crippen LogP contribution in [0, 0.1) is 5.82 Å². The molecule has 1 aromatic rings. The third-order valence-corrected chi connectivity index (χ3v) is 3.57. The molecule has 0 amide bonds. The SMILES string of the molecule is CCOC(=O)C1=C(C)NC(=S)N[C@@H]1c1ccc(Cl)c(F)c1. The maximum atomic E-state index is 13.7. The van der Waals surface area contributed by atoms with Crippen molar-refractivity contribution in [3.63, 3.8) is 0 Å². The molecule has 4 nitrogen and oxygen atoms in total. The highest BCUT2D eigenvalue weighted by atomic mass is 35.5. The van der Waals surface area contributed by atoms with Gasteiger partial charge in [0.25, 0.3) is 0 Å². The van der Waals surface area contributed by atoms with Crippen LogP contribution in [-0.2, 0) is 9.53 Å².